The average Bonchev–Trinajstić information content (AvgIpc) is 3.19. The summed E-state index contributed by atoms with van der Waals surface area (Å²) in [7, 11) is 0. The minimum absolute atomic E-state index is 0.148. The summed E-state index contributed by atoms with van der Waals surface area (Å²) in [6, 6.07) is 6.60. The van der Waals surface area contributed by atoms with Crippen molar-refractivity contribution >= 4 is 11.5 Å². The number of anilines is 1. The second-order valence-corrected chi connectivity index (χ2v) is 7.39. The van der Waals surface area contributed by atoms with Crippen LogP contribution < -0.4 is 5.32 Å². The van der Waals surface area contributed by atoms with E-state index in [0.29, 0.717) is 17.9 Å². The number of hydrogen-bond acceptors (Lipinski definition) is 2. The van der Waals surface area contributed by atoms with Crippen LogP contribution in [0.3, 0.4) is 0 Å². The van der Waals surface area contributed by atoms with Crippen LogP contribution in [0.1, 0.15) is 41.6 Å². The number of Topliss-reactive ketones (excluding diaryl/α,β-unsaturated/α-hetero) is 1. The van der Waals surface area contributed by atoms with Gasteiger partial charge in [0.05, 0.1) is 6.04 Å². The summed E-state index contributed by atoms with van der Waals surface area (Å²) in [6.45, 7) is 1.65. The molecule has 1 heterocycles. The van der Waals surface area contributed by atoms with Crippen molar-refractivity contribution in [1.29, 1.82) is 0 Å². The Morgan fingerprint density at radius 1 is 1.26 bits per heavy atom. The molecule has 4 aliphatic rings. The maximum atomic E-state index is 11.7. The Hall–Kier alpha value is -2.09. The van der Waals surface area contributed by atoms with Gasteiger partial charge in [-0.1, -0.05) is 30.4 Å². The van der Waals surface area contributed by atoms with E-state index in [1.165, 1.54) is 17.7 Å². The highest BCUT2D eigenvalue weighted by Crippen LogP contribution is 2.54. The highest BCUT2D eigenvalue weighted by atomic mass is 16.1. The summed E-state index contributed by atoms with van der Waals surface area (Å²) in [5.41, 5.74) is 4.93. The van der Waals surface area contributed by atoms with Crippen LogP contribution in [0.2, 0.25) is 0 Å². The van der Waals surface area contributed by atoms with Gasteiger partial charge in [0.2, 0.25) is 0 Å². The van der Waals surface area contributed by atoms with Crippen molar-refractivity contribution < 1.29 is 4.79 Å². The molecule has 0 saturated heterocycles. The lowest BCUT2D eigenvalue weighted by Crippen LogP contribution is -2.38. The van der Waals surface area contributed by atoms with E-state index in [9.17, 15) is 4.79 Å². The maximum absolute atomic E-state index is 11.7. The SMILES string of the molecule is CC(=O)c1ccc2c(c1)[C@@H]1C=CC[C@@H]1[C@H](C1=CC=CC3CC13)N2. The summed E-state index contributed by atoms with van der Waals surface area (Å²) in [4.78, 5) is 11.7. The Morgan fingerprint density at radius 3 is 3.04 bits per heavy atom. The average molecular weight is 303 g/mol. The van der Waals surface area contributed by atoms with E-state index in [1.807, 2.05) is 6.07 Å². The van der Waals surface area contributed by atoms with E-state index in [0.717, 1.165) is 23.8 Å². The lowest BCUT2D eigenvalue weighted by molar-refractivity contribution is 0.101. The molecule has 5 atom stereocenters. The second-order valence-electron chi connectivity index (χ2n) is 7.39. The molecular formula is C21H21NO. The monoisotopic (exact) mass is 303 g/mol. The van der Waals surface area contributed by atoms with Crippen molar-refractivity contribution in [2.75, 3.05) is 5.32 Å². The number of carbonyl (C=O) groups is 1. The van der Waals surface area contributed by atoms with E-state index in [1.54, 1.807) is 12.5 Å². The van der Waals surface area contributed by atoms with Gasteiger partial charge in [-0.05, 0) is 66.9 Å². The molecule has 2 unspecified atom stereocenters. The van der Waals surface area contributed by atoms with Gasteiger partial charge < -0.3 is 5.32 Å². The molecule has 0 radical (unpaired) electrons. The summed E-state index contributed by atoms with van der Waals surface area (Å²) in [6.07, 6.45) is 14.1. The Labute approximate surface area is 137 Å². The van der Waals surface area contributed by atoms with Crippen LogP contribution in [-0.4, -0.2) is 11.8 Å². The first-order chi connectivity index (χ1) is 11.2. The molecule has 5 rings (SSSR count). The normalized spacial score (nSPS) is 35.7. The Bertz CT molecular complexity index is 785. The quantitative estimate of drug-likeness (QED) is 0.645. The lowest BCUT2D eigenvalue weighted by Gasteiger charge is -2.39. The van der Waals surface area contributed by atoms with Crippen molar-refractivity contribution in [2.45, 2.75) is 31.7 Å². The Kier molecular flexibility index (Phi) is 2.73. The zero-order chi connectivity index (χ0) is 15.6. The van der Waals surface area contributed by atoms with Gasteiger partial charge in [-0.3, -0.25) is 4.79 Å². The molecule has 0 spiro atoms. The highest BCUT2D eigenvalue weighted by Gasteiger charge is 2.46. The zero-order valence-electron chi connectivity index (χ0n) is 13.3. The molecule has 1 N–H and O–H groups in total. The Balaban J connectivity index is 1.57. The number of allylic oxidation sites excluding steroid dienone is 5. The first-order valence-electron chi connectivity index (χ1n) is 8.69. The van der Waals surface area contributed by atoms with Crippen LogP contribution in [0.15, 0.2) is 54.2 Å². The van der Waals surface area contributed by atoms with Gasteiger partial charge in [0.1, 0.15) is 0 Å². The number of ketones is 1. The van der Waals surface area contributed by atoms with Crippen molar-refractivity contribution in [2.24, 2.45) is 17.8 Å². The molecule has 3 aliphatic carbocycles. The fourth-order valence-corrected chi connectivity index (χ4v) is 4.72. The van der Waals surface area contributed by atoms with E-state index >= 15 is 0 Å². The molecule has 1 fully saturated rings. The standard InChI is InChI=1S/C21H21NO/c1-12(23)13-8-9-20-19(10-13)15-5-3-7-16(15)21(22-20)17-6-2-4-14-11-18(14)17/h2-6,8-10,14-16,18,21-22H,7,11H2,1H3/t14?,15-,16+,18?,21-/m1/s1. The number of hydrogen-bond donors (Lipinski definition) is 1. The van der Waals surface area contributed by atoms with Gasteiger partial charge in [0, 0.05) is 17.2 Å². The summed E-state index contributed by atoms with van der Waals surface area (Å²) in [5.74, 6) is 2.72. The van der Waals surface area contributed by atoms with Crippen molar-refractivity contribution in [1.82, 2.24) is 0 Å². The molecule has 1 aliphatic heterocycles. The molecule has 116 valence electrons. The van der Waals surface area contributed by atoms with Gasteiger partial charge in [-0.25, -0.2) is 0 Å². The van der Waals surface area contributed by atoms with Crippen LogP contribution >= 0.6 is 0 Å². The second kappa shape index (κ2) is 4.70. The van der Waals surface area contributed by atoms with Crippen LogP contribution in [0.4, 0.5) is 5.69 Å². The van der Waals surface area contributed by atoms with Crippen LogP contribution in [-0.2, 0) is 0 Å². The molecule has 0 aromatic heterocycles. The molecular weight excluding hydrogens is 282 g/mol. The first kappa shape index (κ1) is 13.4. The molecule has 0 bridgehead atoms. The van der Waals surface area contributed by atoms with Gasteiger partial charge in [-0.15, -0.1) is 0 Å². The fourth-order valence-electron chi connectivity index (χ4n) is 4.72. The van der Waals surface area contributed by atoms with Gasteiger partial charge >= 0.3 is 0 Å². The van der Waals surface area contributed by atoms with E-state index in [2.05, 4.69) is 47.8 Å². The predicted octanol–water partition coefficient (Wildman–Crippen LogP) is 4.48. The van der Waals surface area contributed by atoms with Crippen LogP contribution in [0.25, 0.3) is 0 Å². The number of nitrogens with one attached hydrogen (secondary N) is 1. The number of rotatable bonds is 2. The molecule has 1 aromatic rings. The summed E-state index contributed by atoms with van der Waals surface area (Å²) >= 11 is 0. The van der Waals surface area contributed by atoms with Crippen LogP contribution in [0.5, 0.6) is 0 Å². The third kappa shape index (κ3) is 1.97. The van der Waals surface area contributed by atoms with E-state index in [-0.39, 0.29) is 5.78 Å². The maximum Gasteiger partial charge on any atom is 0.159 e. The van der Waals surface area contributed by atoms with Crippen LogP contribution in [0, 0.1) is 17.8 Å². The third-order valence-corrected chi connectivity index (χ3v) is 6.04. The Morgan fingerprint density at radius 2 is 2.17 bits per heavy atom. The van der Waals surface area contributed by atoms with Gasteiger partial charge in [-0.2, -0.15) is 0 Å². The lowest BCUT2D eigenvalue weighted by atomic mass is 9.75. The predicted molar refractivity (Wildman–Crippen MR) is 92.7 cm³/mol. The largest absolute Gasteiger partial charge is 0.378 e. The first-order valence-corrected chi connectivity index (χ1v) is 8.69. The topological polar surface area (TPSA) is 29.1 Å². The third-order valence-electron chi connectivity index (χ3n) is 6.04. The molecule has 1 saturated carbocycles. The van der Waals surface area contributed by atoms with E-state index < -0.39 is 0 Å². The number of benzene rings is 1. The molecule has 2 heteroatoms. The zero-order valence-corrected chi connectivity index (χ0v) is 13.3. The molecule has 0 amide bonds. The van der Waals surface area contributed by atoms with Crippen molar-refractivity contribution in [3.05, 3.63) is 65.3 Å². The summed E-state index contributed by atoms with van der Waals surface area (Å²) < 4.78 is 0. The minimum Gasteiger partial charge on any atom is -0.378 e. The minimum atomic E-state index is 0.148. The fraction of sp³-hybridized carbons (Fsp3) is 0.381. The highest BCUT2D eigenvalue weighted by molar-refractivity contribution is 5.95. The van der Waals surface area contributed by atoms with E-state index in [4.69, 9.17) is 0 Å². The molecule has 2 nitrogen and oxygen atoms in total. The number of fused-ring (bicyclic) bond motifs is 4. The molecule has 23 heavy (non-hydrogen) atoms. The van der Waals surface area contributed by atoms with Crippen molar-refractivity contribution in [3.8, 4) is 0 Å². The van der Waals surface area contributed by atoms with Gasteiger partial charge in [0.15, 0.2) is 5.78 Å². The number of carbonyl (C=O) groups excluding carboxylic acids is 1. The van der Waals surface area contributed by atoms with Gasteiger partial charge in [0.25, 0.3) is 0 Å². The summed E-state index contributed by atoms with van der Waals surface area (Å²) in [5, 5.41) is 3.81. The molecule has 1 aromatic carbocycles. The van der Waals surface area contributed by atoms with Crippen molar-refractivity contribution in [3.63, 3.8) is 0 Å². The smallest absolute Gasteiger partial charge is 0.159 e.